The second-order valence-corrected chi connectivity index (χ2v) is 19.5. The molecule has 14 nitrogen and oxygen atoms in total. The Morgan fingerprint density at radius 3 is 2.53 bits per heavy atom. The molecule has 3 aliphatic heterocycles. The largest absolute Gasteiger partial charge is 0.444 e. The van der Waals surface area contributed by atoms with E-state index in [9.17, 15) is 32.4 Å². The van der Waals surface area contributed by atoms with Gasteiger partial charge in [-0.25, -0.2) is 22.7 Å². The molecule has 19 heteroatoms. The number of rotatable bonds is 5. The van der Waals surface area contributed by atoms with E-state index in [0.29, 0.717) is 24.3 Å². The molecule has 2 aromatic rings. The zero-order valence-electron chi connectivity index (χ0n) is 30.4. The van der Waals surface area contributed by atoms with Crippen LogP contribution in [0.5, 0.6) is 0 Å². The molecule has 6 rings (SSSR count). The lowest BCUT2D eigenvalue weighted by atomic mass is 10.0. The fourth-order valence-corrected chi connectivity index (χ4v) is 10.6. The van der Waals surface area contributed by atoms with Gasteiger partial charge in [0.2, 0.25) is 11.8 Å². The summed E-state index contributed by atoms with van der Waals surface area (Å²) in [4.78, 5) is 71.3. The van der Waals surface area contributed by atoms with Crippen molar-refractivity contribution >= 4 is 86.1 Å². The number of thiophene rings is 1. The van der Waals surface area contributed by atoms with Gasteiger partial charge in [-0.2, -0.15) is 0 Å². The summed E-state index contributed by atoms with van der Waals surface area (Å²) >= 11 is 19.3. The molecule has 2 fully saturated rings. The highest BCUT2D eigenvalue weighted by molar-refractivity contribution is 7.90. The van der Waals surface area contributed by atoms with Gasteiger partial charge < -0.3 is 25.0 Å². The standard InChI is InChI=1S/C36H42Cl3N5O9S2/c1-35(2,3)53-33(48)40-25-13-8-6-4-5-7-11-21-16-36(21,32(47)42-55(50,51)27-15-28(38)54-29(27)39)41-30(45)26-14-22(18-44(26)31(25)46)52-34(49)43-17-20-10-9-12-24(37)23(20)19-43/h7,9-12,15,21-22,25-26H,4-6,8,13-14,16-19H2,1-3H3,(H,40,48)(H,41,45)(H,42,47)/b11-7-/t21-,22-,25+,26+,36-/m1/s1. The number of amides is 5. The van der Waals surface area contributed by atoms with Crippen LogP contribution in [0.3, 0.4) is 0 Å². The maximum absolute atomic E-state index is 14.4. The number of fused-ring (bicyclic) bond motifs is 3. The van der Waals surface area contributed by atoms with E-state index in [1.165, 1.54) is 9.80 Å². The second-order valence-electron chi connectivity index (χ2n) is 15.1. The fourth-order valence-electron chi connectivity index (χ4n) is 7.12. The summed E-state index contributed by atoms with van der Waals surface area (Å²) in [6, 6.07) is 4.16. The Bertz CT molecular complexity index is 2020. The molecule has 1 aliphatic carbocycles. The van der Waals surface area contributed by atoms with Crippen LogP contribution in [-0.2, 0) is 47.0 Å². The van der Waals surface area contributed by atoms with Crippen molar-refractivity contribution in [3.05, 3.63) is 61.2 Å². The number of ether oxygens (including phenoxy) is 2. The van der Waals surface area contributed by atoms with Crippen molar-refractivity contribution < 1.29 is 41.9 Å². The van der Waals surface area contributed by atoms with E-state index >= 15 is 0 Å². The zero-order chi connectivity index (χ0) is 39.9. The first-order chi connectivity index (χ1) is 25.9. The molecule has 55 heavy (non-hydrogen) atoms. The first-order valence-electron chi connectivity index (χ1n) is 17.9. The van der Waals surface area contributed by atoms with Crippen molar-refractivity contribution in [2.24, 2.45) is 5.92 Å². The van der Waals surface area contributed by atoms with Gasteiger partial charge in [0.05, 0.1) is 17.4 Å². The molecule has 0 bridgehead atoms. The van der Waals surface area contributed by atoms with Crippen LogP contribution in [0.15, 0.2) is 41.3 Å². The Hall–Kier alpha value is -3.57. The van der Waals surface area contributed by atoms with Crippen molar-refractivity contribution in [3.63, 3.8) is 0 Å². The van der Waals surface area contributed by atoms with Gasteiger partial charge in [-0.15, -0.1) is 11.3 Å². The molecule has 1 saturated heterocycles. The van der Waals surface area contributed by atoms with Crippen molar-refractivity contribution in [2.45, 2.75) is 113 Å². The number of nitrogens with zero attached hydrogens (tertiary/aromatic N) is 2. The molecule has 5 atom stereocenters. The van der Waals surface area contributed by atoms with Gasteiger partial charge in [-0.05, 0) is 69.7 Å². The van der Waals surface area contributed by atoms with E-state index in [1.807, 2.05) is 12.1 Å². The van der Waals surface area contributed by atoms with Crippen molar-refractivity contribution in [1.82, 2.24) is 25.2 Å². The molecule has 0 radical (unpaired) electrons. The summed E-state index contributed by atoms with van der Waals surface area (Å²) in [6.07, 6.45) is 4.01. The van der Waals surface area contributed by atoms with Crippen LogP contribution >= 0.6 is 46.1 Å². The lowest BCUT2D eigenvalue weighted by molar-refractivity contribution is -0.141. The highest BCUT2D eigenvalue weighted by Crippen LogP contribution is 2.46. The second kappa shape index (κ2) is 16.1. The number of alkyl carbamates (subject to hydrolysis) is 1. The van der Waals surface area contributed by atoms with Crippen molar-refractivity contribution in [1.29, 1.82) is 0 Å². The number of carbonyl (C=O) groups is 5. The first-order valence-corrected chi connectivity index (χ1v) is 21.3. The van der Waals surface area contributed by atoms with Gasteiger partial charge in [-0.1, -0.05) is 71.9 Å². The van der Waals surface area contributed by atoms with Gasteiger partial charge in [0, 0.05) is 23.9 Å². The SMILES string of the molecule is CC(C)(C)OC(=O)N[C@H]1CCCCC/C=C\[C@@H]2C[C@@]2(C(=O)NS(=O)(=O)c2cc(Cl)sc2Cl)NC(=O)[C@@H]2C[C@@H](OC(=O)N3Cc4cccc(Cl)c4C3)CN2C1=O. The fraction of sp³-hybridized carbons (Fsp3) is 0.528. The van der Waals surface area contributed by atoms with Crippen LogP contribution in [0.2, 0.25) is 13.7 Å². The Morgan fingerprint density at radius 1 is 1.07 bits per heavy atom. The molecule has 3 N–H and O–H groups in total. The average Bonchev–Trinajstić information content (AvgIpc) is 3.39. The van der Waals surface area contributed by atoms with Gasteiger partial charge in [0.1, 0.15) is 38.6 Å². The van der Waals surface area contributed by atoms with E-state index in [-0.39, 0.29) is 52.5 Å². The molecule has 1 aromatic carbocycles. The smallest absolute Gasteiger partial charge is 0.410 e. The van der Waals surface area contributed by atoms with Crippen molar-refractivity contribution in [3.8, 4) is 0 Å². The van der Waals surface area contributed by atoms with E-state index in [1.54, 1.807) is 39.0 Å². The summed E-state index contributed by atoms with van der Waals surface area (Å²) in [7, 11) is -4.49. The number of carbonyl (C=O) groups excluding carboxylic acids is 5. The predicted molar refractivity (Wildman–Crippen MR) is 205 cm³/mol. The third kappa shape index (κ3) is 9.36. The molecule has 4 aliphatic rings. The monoisotopic (exact) mass is 857 g/mol. The molecule has 4 heterocycles. The molecular weight excluding hydrogens is 817 g/mol. The predicted octanol–water partition coefficient (Wildman–Crippen LogP) is 5.92. The zero-order valence-corrected chi connectivity index (χ0v) is 34.3. The summed E-state index contributed by atoms with van der Waals surface area (Å²) in [5, 5.41) is 5.96. The van der Waals surface area contributed by atoms with Crippen LogP contribution in [0.4, 0.5) is 9.59 Å². The molecule has 5 amide bonds. The highest BCUT2D eigenvalue weighted by atomic mass is 35.5. The van der Waals surface area contributed by atoms with E-state index in [4.69, 9.17) is 44.3 Å². The number of nitrogens with one attached hydrogen (secondary N) is 3. The minimum atomic E-state index is -4.49. The number of sulfonamides is 1. The Labute approximate surface area is 338 Å². The molecular formula is C36H42Cl3N5O9S2. The Kier molecular flexibility index (Phi) is 12.0. The third-order valence-electron chi connectivity index (χ3n) is 9.93. The van der Waals surface area contributed by atoms with Crippen molar-refractivity contribution in [2.75, 3.05) is 6.54 Å². The summed E-state index contributed by atoms with van der Waals surface area (Å²) in [5.74, 6) is -2.93. The molecule has 298 valence electrons. The quantitative estimate of drug-likeness (QED) is 0.308. The van der Waals surface area contributed by atoms with E-state index in [0.717, 1.165) is 35.0 Å². The number of hydrogen-bond acceptors (Lipinski definition) is 10. The Balaban J connectivity index is 1.27. The van der Waals surface area contributed by atoms with E-state index in [2.05, 4.69) is 15.4 Å². The first kappa shape index (κ1) is 41.1. The molecule has 1 aromatic heterocycles. The number of benzene rings is 1. The van der Waals surface area contributed by atoms with Gasteiger partial charge in [-0.3, -0.25) is 19.3 Å². The normalized spacial score (nSPS) is 26.4. The number of hydrogen-bond donors (Lipinski definition) is 3. The van der Waals surface area contributed by atoms with E-state index < -0.39 is 75.2 Å². The van der Waals surface area contributed by atoms with Crippen LogP contribution in [0.1, 0.15) is 76.8 Å². The minimum Gasteiger partial charge on any atom is -0.444 e. The minimum absolute atomic E-state index is 0.0781. The van der Waals surface area contributed by atoms with Crippen LogP contribution in [0.25, 0.3) is 0 Å². The maximum atomic E-state index is 14.4. The van der Waals surface area contributed by atoms with Crippen LogP contribution < -0.4 is 15.4 Å². The number of allylic oxidation sites excluding steroid dienone is 1. The lowest BCUT2D eigenvalue weighted by Gasteiger charge is -2.30. The van der Waals surface area contributed by atoms with Crippen LogP contribution in [-0.4, -0.2) is 84.0 Å². The summed E-state index contributed by atoms with van der Waals surface area (Å²) < 4.78 is 39.9. The third-order valence-corrected chi connectivity index (χ3v) is 13.4. The molecule has 1 saturated carbocycles. The van der Waals surface area contributed by atoms with Gasteiger partial charge in [0.25, 0.3) is 15.9 Å². The number of halogens is 3. The van der Waals surface area contributed by atoms with Crippen LogP contribution in [0, 0.1) is 5.92 Å². The van der Waals surface area contributed by atoms with Gasteiger partial charge >= 0.3 is 12.2 Å². The average molecular weight is 859 g/mol. The lowest BCUT2D eigenvalue weighted by Crippen LogP contribution is -2.58. The molecule has 0 spiro atoms. The molecule has 0 unspecified atom stereocenters. The maximum Gasteiger partial charge on any atom is 0.410 e. The van der Waals surface area contributed by atoms with Gasteiger partial charge in [0.15, 0.2) is 0 Å². The summed E-state index contributed by atoms with van der Waals surface area (Å²) in [5.41, 5.74) is -0.866. The topological polar surface area (TPSA) is 181 Å². The highest BCUT2D eigenvalue weighted by Gasteiger charge is 2.62. The Morgan fingerprint density at radius 2 is 1.84 bits per heavy atom. The summed E-state index contributed by atoms with van der Waals surface area (Å²) in [6.45, 7) is 5.36.